The van der Waals surface area contributed by atoms with E-state index in [1.54, 1.807) is 34.1 Å². The third-order valence-corrected chi connectivity index (χ3v) is 3.54. The van der Waals surface area contributed by atoms with Crippen molar-refractivity contribution in [3.05, 3.63) is 54.6 Å². The number of carboxylic acid groups (broad SMARTS) is 1. The molecule has 0 unspecified atom stereocenters. The molecule has 0 bridgehead atoms. The van der Waals surface area contributed by atoms with Crippen molar-refractivity contribution in [2.75, 3.05) is 26.2 Å². The van der Waals surface area contributed by atoms with Gasteiger partial charge in [0.15, 0.2) is 0 Å². The smallest absolute Gasteiger partial charge is 0.339 e. The average Bonchev–Trinajstić information content (AvgIpc) is 2.75. The van der Waals surface area contributed by atoms with Crippen LogP contribution in [-0.4, -0.2) is 53.1 Å². The van der Waals surface area contributed by atoms with Crippen LogP contribution in [0.15, 0.2) is 43.5 Å². The topological polar surface area (TPSA) is 70.1 Å². The molecule has 1 heterocycles. The zero-order valence-corrected chi connectivity index (χ0v) is 12.9. The second kappa shape index (κ2) is 7.49. The summed E-state index contributed by atoms with van der Waals surface area (Å²) in [5.74, 6) is -0.698. The predicted octanol–water partition coefficient (Wildman–Crippen LogP) is 2.37. The number of hydrogen-bond donors (Lipinski definition) is 1. The number of carbonyl (C=O) groups is 2. The molecule has 2 rings (SSSR count). The molecule has 1 aromatic carbocycles. The second-order valence-electron chi connectivity index (χ2n) is 5.13. The zero-order chi connectivity index (χ0) is 16.8. The van der Waals surface area contributed by atoms with Gasteiger partial charge in [0, 0.05) is 18.7 Å². The van der Waals surface area contributed by atoms with E-state index in [0.29, 0.717) is 37.5 Å². The zero-order valence-electron chi connectivity index (χ0n) is 12.9. The highest BCUT2D eigenvalue weighted by atomic mass is 16.5. The number of rotatable bonds is 5. The first kappa shape index (κ1) is 16.6. The highest BCUT2D eigenvalue weighted by Gasteiger charge is 2.25. The van der Waals surface area contributed by atoms with Crippen LogP contribution >= 0.6 is 0 Å². The van der Waals surface area contributed by atoms with Crippen molar-refractivity contribution >= 4 is 12.0 Å². The van der Waals surface area contributed by atoms with Crippen LogP contribution in [0.4, 0.5) is 4.79 Å². The third-order valence-electron chi connectivity index (χ3n) is 3.54. The first-order valence-electron chi connectivity index (χ1n) is 7.32. The minimum absolute atomic E-state index is 0.117. The minimum atomic E-state index is -1.04. The van der Waals surface area contributed by atoms with Crippen molar-refractivity contribution in [1.82, 2.24) is 9.80 Å². The Morgan fingerprint density at radius 2 is 2.00 bits per heavy atom. The second-order valence-corrected chi connectivity index (χ2v) is 5.13. The van der Waals surface area contributed by atoms with Gasteiger partial charge in [0.25, 0.3) is 0 Å². The van der Waals surface area contributed by atoms with Gasteiger partial charge in [-0.1, -0.05) is 24.3 Å². The Hall–Kier alpha value is -2.76. The molecule has 6 nitrogen and oxygen atoms in total. The molecule has 23 heavy (non-hydrogen) atoms. The number of nitrogens with zero attached hydrogens (tertiary/aromatic N) is 2. The molecule has 0 atom stereocenters. The Kier molecular flexibility index (Phi) is 5.41. The lowest BCUT2D eigenvalue weighted by molar-refractivity contribution is 0.0692. The van der Waals surface area contributed by atoms with Gasteiger partial charge in [0.05, 0.1) is 13.1 Å². The average molecular weight is 316 g/mol. The molecule has 1 aromatic rings. The predicted molar refractivity (Wildman–Crippen MR) is 86.7 cm³/mol. The molecule has 1 aliphatic heterocycles. The molecule has 1 N–H and O–H groups in total. The number of fused-ring (bicyclic) bond motifs is 1. The summed E-state index contributed by atoms with van der Waals surface area (Å²) in [5, 5.41) is 9.24. The fourth-order valence-electron chi connectivity index (χ4n) is 2.50. The number of benzene rings is 1. The molecule has 0 saturated heterocycles. The summed E-state index contributed by atoms with van der Waals surface area (Å²) in [6.45, 7) is 9.10. The molecular formula is C17H20N2O4. The third kappa shape index (κ3) is 3.71. The number of urea groups is 1. The van der Waals surface area contributed by atoms with Crippen molar-refractivity contribution in [2.24, 2.45) is 0 Å². The molecule has 0 spiro atoms. The largest absolute Gasteiger partial charge is 0.490 e. The first-order valence-corrected chi connectivity index (χ1v) is 7.32. The molecular weight excluding hydrogens is 296 g/mol. The lowest BCUT2D eigenvalue weighted by Gasteiger charge is -2.28. The molecule has 122 valence electrons. The molecule has 0 aliphatic carbocycles. The number of carbonyl (C=O) groups excluding carboxylic acids is 1. The summed E-state index contributed by atoms with van der Waals surface area (Å²) >= 11 is 0. The number of hydrogen-bond acceptors (Lipinski definition) is 3. The fourth-order valence-corrected chi connectivity index (χ4v) is 2.50. The van der Waals surface area contributed by atoms with Crippen molar-refractivity contribution in [3.8, 4) is 5.75 Å². The summed E-state index contributed by atoms with van der Waals surface area (Å²) in [6.07, 6.45) is 3.32. The van der Waals surface area contributed by atoms with Crippen LogP contribution in [0.1, 0.15) is 15.9 Å². The lowest BCUT2D eigenvalue weighted by atomic mass is 10.1. The van der Waals surface area contributed by atoms with Crippen LogP contribution in [0.5, 0.6) is 5.75 Å². The normalized spacial score (nSPS) is 13.3. The molecule has 0 saturated carbocycles. The summed E-state index contributed by atoms with van der Waals surface area (Å²) < 4.78 is 5.59. The van der Waals surface area contributed by atoms with Crippen LogP contribution in [-0.2, 0) is 6.54 Å². The highest BCUT2D eigenvalue weighted by Crippen LogP contribution is 2.28. The monoisotopic (exact) mass is 316 g/mol. The number of para-hydroxylation sites is 1. The highest BCUT2D eigenvalue weighted by molar-refractivity contribution is 5.91. The van der Waals surface area contributed by atoms with Gasteiger partial charge in [0.2, 0.25) is 0 Å². The molecule has 6 heteroatoms. The van der Waals surface area contributed by atoms with Gasteiger partial charge in [0.1, 0.15) is 17.9 Å². The van der Waals surface area contributed by atoms with E-state index in [4.69, 9.17) is 4.74 Å². The van der Waals surface area contributed by atoms with E-state index >= 15 is 0 Å². The standard InChI is InChI=1S/C17H20N2O4/c1-3-8-18(9-4-2)17(22)19-10-11-23-15-13(12-19)6-5-7-14(15)16(20)21/h3-7H,1-2,8-12H2,(H,20,21). The molecule has 1 aliphatic rings. The maximum atomic E-state index is 12.6. The van der Waals surface area contributed by atoms with E-state index in [-0.39, 0.29) is 18.2 Å². The number of amides is 2. The summed E-state index contributed by atoms with van der Waals surface area (Å²) in [6, 6.07) is 4.78. The van der Waals surface area contributed by atoms with E-state index in [1.807, 2.05) is 0 Å². The minimum Gasteiger partial charge on any atom is -0.490 e. The lowest BCUT2D eigenvalue weighted by Crippen LogP contribution is -2.43. The van der Waals surface area contributed by atoms with Crippen LogP contribution in [0.3, 0.4) is 0 Å². The maximum Gasteiger partial charge on any atom is 0.339 e. The number of aromatic carboxylic acids is 1. The van der Waals surface area contributed by atoms with Gasteiger partial charge < -0.3 is 19.6 Å². The number of ether oxygens (including phenoxy) is 1. The Morgan fingerprint density at radius 1 is 1.30 bits per heavy atom. The van der Waals surface area contributed by atoms with Gasteiger partial charge in [-0.05, 0) is 6.07 Å². The van der Waals surface area contributed by atoms with Gasteiger partial charge in [-0.3, -0.25) is 0 Å². The molecule has 0 aromatic heterocycles. The van der Waals surface area contributed by atoms with Crippen LogP contribution in [0, 0.1) is 0 Å². The Bertz CT molecular complexity index is 617. The van der Waals surface area contributed by atoms with Gasteiger partial charge in [-0.2, -0.15) is 0 Å². The maximum absolute atomic E-state index is 12.6. The molecule has 0 fully saturated rings. The molecule has 2 amide bonds. The van der Waals surface area contributed by atoms with E-state index in [2.05, 4.69) is 13.2 Å². The SMILES string of the molecule is C=CCN(CC=C)C(=O)N1CCOc2c(cccc2C(=O)O)C1. The van der Waals surface area contributed by atoms with Crippen LogP contribution < -0.4 is 4.74 Å². The first-order chi connectivity index (χ1) is 11.1. The van der Waals surface area contributed by atoms with Crippen molar-refractivity contribution in [3.63, 3.8) is 0 Å². The van der Waals surface area contributed by atoms with Gasteiger partial charge in [-0.15, -0.1) is 13.2 Å². The van der Waals surface area contributed by atoms with Crippen molar-refractivity contribution < 1.29 is 19.4 Å². The van der Waals surface area contributed by atoms with Crippen LogP contribution in [0.25, 0.3) is 0 Å². The van der Waals surface area contributed by atoms with E-state index in [9.17, 15) is 14.7 Å². The van der Waals surface area contributed by atoms with Crippen LogP contribution in [0.2, 0.25) is 0 Å². The fraction of sp³-hybridized carbons (Fsp3) is 0.294. The van der Waals surface area contributed by atoms with Gasteiger partial charge in [-0.25, -0.2) is 9.59 Å². The molecule has 0 radical (unpaired) electrons. The van der Waals surface area contributed by atoms with Gasteiger partial charge >= 0.3 is 12.0 Å². The number of carboxylic acids is 1. The van der Waals surface area contributed by atoms with Crippen molar-refractivity contribution in [1.29, 1.82) is 0 Å². The van der Waals surface area contributed by atoms with E-state index in [1.165, 1.54) is 6.07 Å². The summed E-state index contributed by atoms with van der Waals surface area (Å²) in [5.41, 5.74) is 0.804. The Morgan fingerprint density at radius 3 is 2.61 bits per heavy atom. The van der Waals surface area contributed by atoms with Crippen molar-refractivity contribution in [2.45, 2.75) is 6.54 Å². The van der Waals surface area contributed by atoms with E-state index in [0.717, 1.165) is 0 Å². The van der Waals surface area contributed by atoms with E-state index < -0.39 is 5.97 Å². The summed E-state index contributed by atoms with van der Waals surface area (Å²) in [7, 11) is 0. The summed E-state index contributed by atoms with van der Waals surface area (Å²) in [4.78, 5) is 27.2. The quantitative estimate of drug-likeness (QED) is 0.847. The Labute approximate surface area is 135 Å². The Balaban J connectivity index is 2.25.